The summed E-state index contributed by atoms with van der Waals surface area (Å²) in [6.07, 6.45) is 1.57. The van der Waals surface area contributed by atoms with E-state index in [1.165, 1.54) is 22.4 Å². The molecule has 2 aromatic heterocycles. The van der Waals surface area contributed by atoms with E-state index in [0.717, 1.165) is 41.2 Å². The van der Waals surface area contributed by atoms with Crippen molar-refractivity contribution in [2.24, 2.45) is 7.05 Å². The van der Waals surface area contributed by atoms with Crippen LogP contribution in [-0.2, 0) is 16.6 Å². The summed E-state index contributed by atoms with van der Waals surface area (Å²) in [5.74, 6) is 1.36. The molecule has 40 heavy (non-hydrogen) atoms. The molecule has 0 aliphatic carbocycles. The highest BCUT2D eigenvalue weighted by molar-refractivity contribution is 6.02. The van der Waals surface area contributed by atoms with Crippen LogP contribution in [0.4, 0.5) is 11.8 Å². The van der Waals surface area contributed by atoms with E-state index in [4.69, 9.17) is 14.7 Å². The van der Waals surface area contributed by atoms with Gasteiger partial charge >= 0.3 is 0 Å². The molecule has 0 unspecified atom stereocenters. The Bertz CT molecular complexity index is 1640. The number of fused-ring (bicyclic) bond motifs is 2. The van der Waals surface area contributed by atoms with Crippen LogP contribution in [0, 0.1) is 18.3 Å². The number of rotatable bonds is 5. The number of carbonyl (C=O) groups is 1. The first-order valence-corrected chi connectivity index (χ1v) is 13.7. The summed E-state index contributed by atoms with van der Waals surface area (Å²) >= 11 is 0. The molecule has 2 aromatic carbocycles. The molecule has 204 valence electrons. The van der Waals surface area contributed by atoms with Gasteiger partial charge in [-0.2, -0.15) is 15.2 Å². The molecule has 4 aromatic rings. The molecule has 9 nitrogen and oxygen atoms in total. The third-order valence-electron chi connectivity index (χ3n) is 8.10. The number of hydrogen-bond donors (Lipinski definition) is 0. The number of nitriles is 1. The van der Waals surface area contributed by atoms with Gasteiger partial charge in [0.2, 0.25) is 11.9 Å². The summed E-state index contributed by atoms with van der Waals surface area (Å²) in [6.45, 7) is 10.1. The lowest BCUT2D eigenvalue weighted by Crippen LogP contribution is -2.55. The maximum absolute atomic E-state index is 12.5. The fourth-order valence-electron chi connectivity index (χ4n) is 6.05. The molecule has 0 N–H and O–H groups in total. The summed E-state index contributed by atoms with van der Waals surface area (Å²) in [5, 5.41) is 12.9. The van der Waals surface area contributed by atoms with Crippen LogP contribution < -0.4 is 9.80 Å². The fourth-order valence-corrected chi connectivity index (χ4v) is 6.05. The highest BCUT2D eigenvalue weighted by Crippen LogP contribution is 2.37. The molecule has 4 heterocycles. The Labute approximate surface area is 233 Å². The van der Waals surface area contributed by atoms with Gasteiger partial charge in [-0.15, -0.1) is 0 Å². The summed E-state index contributed by atoms with van der Waals surface area (Å²) in [7, 11) is 2.06. The fraction of sp³-hybridized carbons (Fsp3) is 0.355. The van der Waals surface area contributed by atoms with E-state index in [1.54, 1.807) is 4.90 Å². The summed E-state index contributed by atoms with van der Waals surface area (Å²) < 4.78 is 7.75. The number of ether oxygens (including phenoxy) is 1. The van der Waals surface area contributed by atoms with E-state index in [-0.39, 0.29) is 18.4 Å². The van der Waals surface area contributed by atoms with Crippen molar-refractivity contribution < 1.29 is 9.53 Å². The minimum Gasteiger partial charge on any atom is -0.378 e. The van der Waals surface area contributed by atoms with Crippen molar-refractivity contribution in [1.29, 1.82) is 5.26 Å². The lowest BCUT2D eigenvalue weighted by Gasteiger charge is -2.41. The molecule has 1 atom stereocenters. The van der Waals surface area contributed by atoms with Crippen molar-refractivity contribution in [2.75, 3.05) is 55.7 Å². The largest absolute Gasteiger partial charge is 0.378 e. The summed E-state index contributed by atoms with van der Waals surface area (Å²) in [4.78, 5) is 28.9. The van der Waals surface area contributed by atoms with Gasteiger partial charge in [-0.3, -0.25) is 4.79 Å². The number of morpholine rings is 1. The molecule has 0 saturated carbocycles. The monoisotopic (exact) mass is 535 g/mol. The zero-order valence-electron chi connectivity index (χ0n) is 23.0. The van der Waals surface area contributed by atoms with Crippen molar-refractivity contribution in [3.8, 4) is 17.3 Å². The zero-order valence-corrected chi connectivity index (χ0v) is 23.0. The molecule has 2 saturated heterocycles. The topological polar surface area (TPSA) is 90.5 Å². The summed E-state index contributed by atoms with van der Waals surface area (Å²) in [6, 6.07) is 17.0. The van der Waals surface area contributed by atoms with Crippen molar-refractivity contribution in [2.45, 2.75) is 19.4 Å². The van der Waals surface area contributed by atoms with E-state index in [9.17, 15) is 10.1 Å². The molecule has 2 aliphatic heterocycles. The molecule has 9 heteroatoms. The normalized spacial score (nSPS) is 17.8. The van der Waals surface area contributed by atoms with E-state index in [0.29, 0.717) is 38.8 Å². The Hall–Kier alpha value is -4.42. The van der Waals surface area contributed by atoms with Gasteiger partial charge in [0.15, 0.2) is 0 Å². The average molecular weight is 536 g/mol. The van der Waals surface area contributed by atoms with Crippen LogP contribution in [-0.4, -0.2) is 77.3 Å². The molecular formula is C31H33N7O2. The van der Waals surface area contributed by atoms with Crippen LogP contribution in [0.15, 0.2) is 55.1 Å². The van der Waals surface area contributed by atoms with Crippen molar-refractivity contribution in [1.82, 2.24) is 19.4 Å². The number of nitrogens with zero attached hydrogens (tertiary/aromatic N) is 7. The van der Waals surface area contributed by atoms with Crippen LogP contribution in [0.3, 0.4) is 0 Å². The average Bonchev–Trinajstić information content (AvgIpc) is 3.32. The standard InChI is InChI=1S/C31H33N7O2/c1-4-27(39)38-14-13-37(20-23(38)11-12-32)30-25-19-26(24-10-6-9-22-8-5-7-21(2)28(22)24)35(3)29(25)33-31(34-30)36-15-17-40-18-16-36/h4-10,19,23H,1,11,13-18,20H2,2-3H3/t23-/m0/s1. The second-order valence-corrected chi connectivity index (χ2v) is 10.4. The Morgan fingerprint density at radius 2 is 1.90 bits per heavy atom. The lowest BCUT2D eigenvalue weighted by atomic mass is 9.98. The van der Waals surface area contributed by atoms with Gasteiger partial charge in [-0.05, 0) is 35.4 Å². The SMILES string of the molecule is C=CC(=O)N1CCN(c2nc(N3CCOCC3)nc3c2cc(-c2cccc4cccc(C)c24)n3C)C[C@@H]1CC#N. The lowest BCUT2D eigenvalue weighted by molar-refractivity contribution is -0.128. The van der Waals surface area contributed by atoms with Crippen LogP contribution in [0.5, 0.6) is 0 Å². The number of amides is 1. The van der Waals surface area contributed by atoms with E-state index < -0.39 is 0 Å². The molecule has 0 bridgehead atoms. The number of aromatic nitrogens is 3. The van der Waals surface area contributed by atoms with Gasteiger partial charge in [-0.1, -0.05) is 43.0 Å². The molecule has 6 rings (SSSR count). The van der Waals surface area contributed by atoms with Gasteiger partial charge in [-0.25, -0.2) is 0 Å². The van der Waals surface area contributed by atoms with E-state index in [2.05, 4.69) is 83.5 Å². The highest BCUT2D eigenvalue weighted by atomic mass is 16.5. The quantitative estimate of drug-likeness (QED) is 0.356. The molecule has 1 amide bonds. The Kier molecular flexibility index (Phi) is 6.86. The third-order valence-corrected chi connectivity index (χ3v) is 8.10. The number of hydrogen-bond acceptors (Lipinski definition) is 7. The van der Waals surface area contributed by atoms with Crippen molar-refractivity contribution >= 4 is 39.5 Å². The number of anilines is 2. The van der Waals surface area contributed by atoms with Crippen LogP contribution in [0.1, 0.15) is 12.0 Å². The molecule has 2 fully saturated rings. The van der Waals surface area contributed by atoms with Gasteiger partial charge in [0.1, 0.15) is 11.5 Å². The Morgan fingerprint density at radius 3 is 2.65 bits per heavy atom. The molecule has 2 aliphatic rings. The second kappa shape index (κ2) is 10.6. The third kappa shape index (κ3) is 4.44. The van der Waals surface area contributed by atoms with Crippen LogP contribution in [0.25, 0.3) is 33.1 Å². The maximum Gasteiger partial charge on any atom is 0.246 e. The van der Waals surface area contributed by atoms with E-state index >= 15 is 0 Å². The predicted molar refractivity (Wildman–Crippen MR) is 157 cm³/mol. The first-order valence-electron chi connectivity index (χ1n) is 13.7. The van der Waals surface area contributed by atoms with Crippen LogP contribution in [0.2, 0.25) is 0 Å². The first-order chi connectivity index (χ1) is 19.5. The highest BCUT2D eigenvalue weighted by Gasteiger charge is 2.32. The number of benzene rings is 2. The Morgan fingerprint density at radius 1 is 1.12 bits per heavy atom. The van der Waals surface area contributed by atoms with Gasteiger partial charge < -0.3 is 24.0 Å². The first kappa shape index (κ1) is 25.8. The molecule has 0 spiro atoms. The zero-order chi connectivity index (χ0) is 27.8. The summed E-state index contributed by atoms with van der Waals surface area (Å²) in [5.41, 5.74) is 4.30. The molecule has 0 radical (unpaired) electrons. The predicted octanol–water partition coefficient (Wildman–Crippen LogP) is 4.05. The Balaban J connectivity index is 1.51. The van der Waals surface area contributed by atoms with Crippen molar-refractivity contribution in [3.05, 3.63) is 60.7 Å². The van der Waals surface area contributed by atoms with E-state index in [1.807, 2.05) is 0 Å². The van der Waals surface area contributed by atoms with Crippen molar-refractivity contribution in [3.63, 3.8) is 0 Å². The minimum absolute atomic E-state index is 0.143. The number of piperazine rings is 1. The smallest absolute Gasteiger partial charge is 0.246 e. The van der Waals surface area contributed by atoms with Gasteiger partial charge in [0.05, 0.1) is 42.8 Å². The maximum atomic E-state index is 12.5. The molecular weight excluding hydrogens is 502 g/mol. The van der Waals surface area contributed by atoms with Gasteiger partial charge in [0, 0.05) is 45.3 Å². The number of carbonyl (C=O) groups excluding carboxylic acids is 1. The number of aryl methyl sites for hydroxylation is 2. The minimum atomic E-state index is -0.245. The second-order valence-electron chi connectivity index (χ2n) is 10.4. The van der Waals surface area contributed by atoms with Gasteiger partial charge in [0.25, 0.3) is 0 Å². The van der Waals surface area contributed by atoms with Crippen LogP contribution >= 0.6 is 0 Å².